The summed E-state index contributed by atoms with van der Waals surface area (Å²) in [5.41, 5.74) is 0.853. The Balaban J connectivity index is 1.65. The van der Waals surface area contributed by atoms with Crippen LogP contribution < -0.4 is 15.4 Å². The first-order valence-corrected chi connectivity index (χ1v) is 7.99. The lowest BCUT2D eigenvalue weighted by atomic mass is 10.2. The van der Waals surface area contributed by atoms with Gasteiger partial charge in [0, 0.05) is 16.6 Å². The van der Waals surface area contributed by atoms with Gasteiger partial charge in [-0.2, -0.15) is 0 Å². The van der Waals surface area contributed by atoms with Crippen molar-refractivity contribution in [1.82, 2.24) is 10.6 Å². The molecule has 0 radical (unpaired) electrons. The third-order valence-corrected chi connectivity index (χ3v) is 3.55. The van der Waals surface area contributed by atoms with Crippen molar-refractivity contribution in [3.63, 3.8) is 0 Å². The smallest absolute Gasteiger partial charge is 0.309 e. The Morgan fingerprint density at radius 2 is 1.38 bits per heavy atom. The van der Waals surface area contributed by atoms with Crippen LogP contribution in [0.4, 0.5) is 0 Å². The molecule has 7 heteroatoms. The number of amides is 2. The zero-order valence-electron chi connectivity index (χ0n) is 12.7. The van der Waals surface area contributed by atoms with Gasteiger partial charge in [0.15, 0.2) is 0 Å². The molecule has 0 aliphatic rings. The van der Waals surface area contributed by atoms with Gasteiger partial charge in [-0.25, -0.2) is 0 Å². The van der Waals surface area contributed by atoms with Gasteiger partial charge in [0.25, 0.3) is 0 Å². The van der Waals surface area contributed by atoms with Gasteiger partial charge in [0.2, 0.25) is 0 Å². The SMILES string of the molecule is O=C(NCCOc1ccc(Cl)cc1)C(=O)NCc1ccc(Cl)cc1. The average Bonchev–Trinajstić information content (AvgIpc) is 2.59. The Morgan fingerprint density at radius 3 is 2.00 bits per heavy atom. The van der Waals surface area contributed by atoms with E-state index in [1.807, 2.05) is 0 Å². The fraction of sp³-hybridized carbons (Fsp3) is 0.176. The van der Waals surface area contributed by atoms with Crippen molar-refractivity contribution in [3.8, 4) is 5.75 Å². The molecule has 0 aliphatic carbocycles. The molecule has 0 aliphatic heterocycles. The van der Waals surface area contributed by atoms with Gasteiger partial charge in [-0.3, -0.25) is 9.59 Å². The molecule has 0 aromatic heterocycles. The van der Waals surface area contributed by atoms with Crippen LogP contribution in [-0.2, 0) is 16.1 Å². The molecular weight excluding hydrogens is 351 g/mol. The van der Waals surface area contributed by atoms with Crippen LogP contribution in [0.15, 0.2) is 48.5 Å². The van der Waals surface area contributed by atoms with Crippen molar-refractivity contribution in [2.24, 2.45) is 0 Å². The number of halogens is 2. The first-order valence-electron chi connectivity index (χ1n) is 7.23. The highest BCUT2D eigenvalue weighted by atomic mass is 35.5. The van der Waals surface area contributed by atoms with Gasteiger partial charge in [-0.05, 0) is 42.0 Å². The van der Waals surface area contributed by atoms with E-state index in [9.17, 15) is 9.59 Å². The minimum atomic E-state index is -0.705. The highest BCUT2D eigenvalue weighted by Crippen LogP contribution is 2.15. The van der Waals surface area contributed by atoms with Crippen molar-refractivity contribution in [2.45, 2.75) is 6.54 Å². The molecule has 2 aromatic rings. The lowest BCUT2D eigenvalue weighted by molar-refractivity contribution is -0.139. The third kappa shape index (κ3) is 6.10. The van der Waals surface area contributed by atoms with Gasteiger partial charge in [0.05, 0.1) is 6.54 Å². The number of nitrogens with one attached hydrogen (secondary N) is 2. The molecular formula is C17H16Cl2N2O3. The minimum absolute atomic E-state index is 0.218. The molecule has 0 atom stereocenters. The van der Waals surface area contributed by atoms with Crippen LogP contribution in [0.2, 0.25) is 10.0 Å². The Morgan fingerprint density at radius 1 is 0.833 bits per heavy atom. The van der Waals surface area contributed by atoms with E-state index in [2.05, 4.69) is 10.6 Å². The van der Waals surface area contributed by atoms with Crippen molar-refractivity contribution in [3.05, 3.63) is 64.1 Å². The first-order chi connectivity index (χ1) is 11.5. The maximum Gasteiger partial charge on any atom is 0.309 e. The highest BCUT2D eigenvalue weighted by Gasteiger charge is 2.12. The molecule has 0 fully saturated rings. The number of ether oxygens (including phenoxy) is 1. The molecule has 2 amide bonds. The van der Waals surface area contributed by atoms with Crippen LogP contribution in [0.5, 0.6) is 5.75 Å². The summed E-state index contributed by atoms with van der Waals surface area (Å²) in [4.78, 5) is 23.3. The number of rotatable bonds is 6. The van der Waals surface area contributed by atoms with Crippen LogP contribution in [-0.4, -0.2) is 25.0 Å². The van der Waals surface area contributed by atoms with E-state index in [-0.39, 0.29) is 19.7 Å². The molecule has 0 bridgehead atoms. The van der Waals surface area contributed by atoms with E-state index in [1.165, 1.54) is 0 Å². The zero-order chi connectivity index (χ0) is 17.4. The molecule has 0 heterocycles. The van der Waals surface area contributed by atoms with E-state index in [1.54, 1.807) is 48.5 Å². The first kappa shape index (κ1) is 18.1. The monoisotopic (exact) mass is 366 g/mol. The van der Waals surface area contributed by atoms with Gasteiger partial charge < -0.3 is 15.4 Å². The van der Waals surface area contributed by atoms with Crippen LogP contribution in [0.25, 0.3) is 0 Å². The summed E-state index contributed by atoms with van der Waals surface area (Å²) in [6.07, 6.45) is 0. The van der Waals surface area contributed by atoms with E-state index >= 15 is 0 Å². The summed E-state index contributed by atoms with van der Waals surface area (Å²) >= 11 is 11.5. The summed E-state index contributed by atoms with van der Waals surface area (Å²) < 4.78 is 5.41. The minimum Gasteiger partial charge on any atom is -0.492 e. The summed E-state index contributed by atoms with van der Waals surface area (Å²) in [6.45, 7) is 0.721. The van der Waals surface area contributed by atoms with Gasteiger partial charge in [-0.15, -0.1) is 0 Å². The number of benzene rings is 2. The second-order valence-corrected chi connectivity index (χ2v) is 5.74. The second-order valence-electron chi connectivity index (χ2n) is 4.87. The molecule has 0 saturated carbocycles. The summed E-state index contributed by atoms with van der Waals surface area (Å²) in [5, 5.41) is 6.25. The quantitative estimate of drug-likeness (QED) is 0.610. The summed E-state index contributed by atoms with van der Waals surface area (Å²) in [7, 11) is 0. The van der Waals surface area contributed by atoms with E-state index in [0.717, 1.165) is 5.56 Å². The van der Waals surface area contributed by atoms with E-state index < -0.39 is 11.8 Å². The normalized spacial score (nSPS) is 10.1. The number of hydrogen-bond donors (Lipinski definition) is 2. The molecule has 24 heavy (non-hydrogen) atoms. The Kier molecular flexibility index (Phi) is 6.90. The average molecular weight is 367 g/mol. The van der Waals surface area contributed by atoms with Crippen molar-refractivity contribution >= 4 is 35.0 Å². The lowest BCUT2D eigenvalue weighted by Gasteiger charge is -2.08. The molecule has 0 spiro atoms. The van der Waals surface area contributed by atoms with Crippen LogP contribution in [0.1, 0.15) is 5.56 Å². The summed E-state index contributed by atoms with van der Waals surface area (Å²) in [5.74, 6) is -0.763. The third-order valence-electron chi connectivity index (χ3n) is 3.04. The van der Waals surface area contributed by atoms with E-state index in [0.29, 0.717) is 15.8 Å². The highest BCUT2D eigenvalue weighted by molar-refractivity contribution is 6.35. The Bertz CT molecular complexity index is 688. The fourth-order valence-corrected chi connectivity index (χ4v) is 2.06. The van der Waals surface area contributed by atoms with Crippen molar-refractivity contribution in [1.29, 1.82) is 0 Å². The summed E-state index contributed by atoms with van der Waals surface area (Å²) in [6, 6.07) is 13.9. The topological polar surface area (TPSA) is 67.4 Å². The Hall–Kier alpha value is -2.24. The molecule has 0 saturated heterocycles. The number of carbonyl (C=O) groups is 2. The second kappa shape index (κ2) is 9.15. The van der Waals surface area contributed by atoms with Gasteiger partial charge >= 0.3 is 11.8 Å². The van der Waals surface area contributed by atoms with Crippen LogP contribution >= 0.6 is 23.2 Å². The zero-order valence-corrected chi connectivity index (χ0v) is 14.2. The number of carbonyl (C=O) groups excluding carboxylic acids is 2. The maximum absolute atomic E-state index is 11.7. The standard InChI is InChI=1S/C17H16Cl2N2O3/c18-13-3-1-12(2-4-13)11-21-17(23)16(22)20-9-10-24-15-7-5-14(19)6-8-15/h1-8H,9-11H2,(H,20,22)(H,21,23). The van der Waals surface area contributed by atoms with Crippen molar-refractivity contribution in [2.75, 3.05) is 13.2 Å². The molecule has 126 valence electrons. The lowest BCUT2D eigenvalue weighted by Crippen LogP contribution is -2.41. The fourth-order valence-electron chi connectivity index (χ4n) is 1.81. The molecule has 2 N–H and O–H groups in total. The van der Waals surface area contributed by atoms with E-state index in [4.69, 9.17) is 27.9 Å². The molecule has 0 unspecified atom stereocenters. The largest absolute Gasteiger partial charge is 0.492 e. The maximum atomic E-state index is 11.7. The molecule has 5 nitrogen and oxygen atoms in total. The van der Waals surface area contributed by atoms with Crippen molar-refractivity contribution < 1.29 is 14.3 Å². The molecule has 2 rings (SSSR count). The molecule has 2 aromatic carbocycles. The predicted molar refractivity (Wildman–Crippen MR) is 93.3 cm³/mol. The van der Waals surface area contributed by atoms with Crippen LogP contribution in [0, 0.1) is 0 Å². The predicted octanol–water partition coefficient (Wildman–Crippen LogP) is 2.80. The van der Waals surface area contributed by atoms with Crippen LogP contribution in [0.3, 0.4) is 0 Å². The number of hydrogen-bond acceptors (Lipinski definition) is 3. The van der Waals surface area contributed by atoms with Gasteiger partial charge in [0.1, 0.15) is 12.4 Å². The Labute approximate surface area is 149 Å². The van der Waals surface area contributed by atoms with Gasteiger partial charge in [-0.1, -0.05) is 35.3 Å².